The first-order valence-corrected chi connectivity index (χ1v) is 7.21. The van der Waals surface area contributed by atoms with Gasteiger partial charge in [-0.15, -0.1) is 0 Å². The number of ether oxygens (including phenoxy) is 1. The summed E-state index contributed by atoms with van der Waals surface area (Å²) in [5.74, 6) is 1.01. The van der Waals surface area contributed by atoms with E-state index in [1.54, 1.807) is 0 Å². The molecule has 3 heterocycles. The van der Waals surface area contributed by atoms with Gasteiger partial charge in [-0.1, -0.05) is 0 Å². The molecule has 3 aliphatic rings. The van der Waals surface area contributed by atoms with Crippen molar-refractivity contribution in [3.05, 3.63) is 24.3 Å². The lowest BCUT2D eigenvalue weighted by molar-refractivity contribution is -0.119. The predicted octanol–water partition coefficient (Wildman–Crippen LogP) is 1.06. The lowest BCUT2D eigenvalue weighted by Crippen LogP contribution is -2.53. The molecule has 5 heteroatoms. The van der Waals surface area contributed by atoms with Crippen LogP contribution in [-0.4, -0.2) is 43.1 Å². The Labute approximate surface area is 119 Å². The summed E-state index contributed by atoms with van der Waals surface area (Å²) in [4.78, 5) is 13.2. The Morgan fingerprint density at radius 3 is 2.55 bits per heavy atom. The van der Waals surface area contributed by atoms with Crippen LogP contribution in [0.25, 0.3) is 0 Å². The van der Waals surface area contributed by atoms with Crippen LogP contribution in [0.1, 0.15) is 12.8 Å². The van der Waals surface area contributed by atoms with Crippen LogP contribution < -0.4 is 15.8 Å². The van der Waals surface area contributed by atoms with Crippen LogP contribution in [0, 0.1) is 5.92 Å². The zero-order valence-electron chi connectivity index (χ0n) is 11.5. The van der Waals surface area contributed by atoms with Crippen molar-refractivity contribution >= 4 is 11.6 Å². The normalized spacial score (nSPS) is 28.1. The molecule has 0 aromatic heterocycles. The summed E-state index contributed by atoms with van der Waals surface area (Å²) >= 11 is 0. The second kappa shape index (κ2) is 5.71. The standard InChI is InChI=1S/C15H21N3O2/c16-15(19)10-20-13-3-1-12(2-4-13)17-14-9-18-7-5-11(14)6-8-18/h1-4,11,14,17H,5-10H2,(H2,16,19). The number of nitrogens with one attached hydrogen (secondary N) is 1. The fourth-order valence-electron chi connectivity index (χ4n) is 3.14. The third kappa shape index (κ3) is 3.04. The molecule has 0 saturated carbocycles. The van der Waals surface area contributed by atoms with Crippen molar-refractivity contribution in [3.63, 3.8) is 0 Å². The van der Waals surface area contributed by atoms with Crippen LogP contribution in [0.4, 0.5) is 5.69 Å². The number of carbonyl (C=O) groups excluding carboxylic acids is 1. The first-order valence-electron chi connectivity index (χ1n) is 7.21. The van der Waals surface area contributed by atoms with Gasteiger partial charge in [0.25, 0.3) is 5.91 Å². The van der Waals surface area contributed by atoms with E-state index in [1.165, 1.54) is 25.9 Å². The highest BCUT2D eigenvalue weighted by atomic mass is 16.5. The number of fused-ring (bicyclic) bond motifs is 3. The van der Waals surface area contributed by atoms with Crippen molar-refractivity contribution in [2.75, 3.05) is 31.6 Å². The average molecular weight is 275 g/mol. The number of rotatable bonds is 5. The molecule has 5 nitrogen and oxygen atoms in total. The van der Waals surface area contributed by atoms with E-state index in [0.717, 1.165) is 18.2 Å². The van der Waals surface area contributed by atoms with Gasteiger partial charge in [0.15, 0.2) is 6.61 Å². The molecule has 0 radical (unpaired) electrons. The molecular weight excluding hydrogens is 254 g/mol. The highest BCUT2D eigenvalue weighted by Crippen LogP contribution is 2.30. The maximum Gasteiger partial charge on any atom is 0.255 e. The number of anilines is 1. The van der Waals surface area contributed by atoms with E-state index in [0.29, 0.717) is 11.8 Å². The van der Waals surface area contributed by atoms with E-state index in [4.69, 9.17) is 10.5 Å². The van der Waals surface area contributed by atoms with E-state index in [-0.39, 0.29) is 6.61 Å². The summed E-state index contributed by atoms with van der Waals surface area (Å²) in [5.41, 5.74) is 6.15. The Morgan fingerprint density at radius 2 is 2.00 bits per heavy atom. The van der Waals surface area contributed by atoms with Crippen molar-refractivity contribution in [3.8, 4) is 5.75 Å². The molecule has 3 aliphatic heterocycles. The Bertz CT molecular complexity index is 467. The molecule has 4 rings (SSSR count). The molecule has 1 amide bonds. The fraction of sp³-hybridized carbons (Fsp3) is 0.533. The summed E-state index contributed by atoms with van der Waals surface area (Å²) in [6.45, 7) is 3.57. The van der Waals surface area contributed by atoms with Crippen molar-refractivity contribution in [2.24, 2.45) is 11.7 Å². The number of nitrogens with two attached hydrogens (primary N) is 1. The van der Waals surface area contributed by atoms with E-state index < -0.39 is 5.91 Å². The minimum absolute atomic E-state index is 0.0770. The summed E-state index contributed by atoms with van der Waals surface area (Å²) < 4.78 is 5.25. The molecule has 3 fully saturated rings. The van der Waals surface area contributed by atoms with Crippen LogP contribution in [-0.2, 0) is 4.79 Å². The minimum atomic E-state index is -0.459. The van der Waals surface area contributed by atoms with E-state index in [1.807, 2.05) is 24.3 Å². The highest BCUT2D eigenvalue weighted by molar-refractivity contribution is 5.75. The largest absolute Gasteiger partial charge is 0.484 e. The second-order valence-corrected chi connectivity index (χ2v) is 5.67. The number of primary amides is 1. The SMILES string of the molecule is NC(=O)COc1ccc(NC2CN3CCC2CC3)cc1. The Morgan fingerprint density at radius 1 is 1.30 bits per heavy atom. The molecule has 1 aromatic rings. The third-order valence-corrected chi connectivity index (χ3v) is 4.24. The number of piperidine rings is 3. The predicted molar refractivity (Wildman–Crippen MR) is 77.7 cm³/mol. The third-order valence-electron chi connectivity index (χ3n) is 4.24. The van der Waals surface area contributed by atoms with Crippen molar-refractivity contribution in [1.82, 2.24) is 4.90 Å². The van der Waals surface area contributed by atoms with E-state index in [2.05, 4.69) is 10.2 Å². The highest BCUT2D eigenvalue weighted by Gasteiger charge is 2.33. The topological polar surface area (TPSA) is 67.6 Å². The lowest BCUT2D eigenvalue weighted by atomic mass is 9.84. The van der Waals surface area contributed by atoms with E-state index in [9.17, 15) is 4.79 Å². The number of nitrogens with zero attached hydrogens (tertiary/aromatic N) is 1. The minimum Gasteiger partial charge on any atom is -0.484 e. The quantitative estimate of drug-likeness (QED) is 0.843. The molecular formula is C15H21N3O2. The van der Waals surface area contributed by atoms with Gasteiger partial charge in [-0.3, -0.25) is 4.79 Å². The molecule has 1 aromatic carbocycles. The lowest BCUT2D eigenvalue weighted by Gasteiger charge is -2.45. The van der Waals surface area contributed by atoms with Crippen molar-refractivity contribution < 1.29 is 9.53 Å². The first-order chi connectivity index (χ1) is 9.70. The number of hydrogen-bond donors (Lipinski definition) is 2. The van der Waals surface area contributed by atoms with Crippen molar-refractivity contribution in [1.29, 1.82) is 0 Å². The molecule has 3 saturated heterocycles. The van der Waals surface area contributed by atoms with Gasteiger partial charge in [0, 0.05) is 18.3 Å². The van der Waals surface area contributed by atoms with Gasteiger partial charge in [0.05, 0.1) is 0 Å². The maximum absolute atomic E-state index is 10.7. The Hall–Kier alpha value is -1.75. The van der Waals surface area contributed by atoms with Gasteiger partial charge in [0.1, 0.15) is 5.75 Å². The molecule has 2 bridgehead atoms. The van der Waals surface area contributed by atoms with Gasteiger partial charge in [-0.25, -0.2) is 0 Å². The van der Waals surface area contributed by atoms with E-state index >= 15 is 0 Å². The Kier molecular flexibility index (Phi) is 3.78. The van der Waals surface area contributed by atoms with Crippen molar-refractivity contribution in [2.45, 2.75) is 18.9 Å². The first kappa shape index (κ1) is 13.2. The second-order valence-electron chi connectivity index (χ2n) is 5.67. The monoisotopic (exact) mass is 275 g/mol. The molecule has 20 heavy (non-hydrogen) atoms. The summed E-state index contributed by atoms with van der Waals surface area (Å²) in [6, 6.07) is 8.27. The molecule has 3 N–H and O–H groups in total. The number of carbonyl (C=O) groups is 1. The van der Waals surface area contributed by atoms with Gasteiger partial charge in [0.2, 0.25) is 0 Å². The smallest absolute Gasteiger partial charge is 0.255 e. The average Bonchev–Trinajstić information content (AvgIpc) is 2.48. The molecule has 1 atom stereocenters. The zero-order valence-corrected chi connectivity index (χ0v) is 11.5. The molecule has 0 aliphatic carbocycles. The number of amides is 1. The fourth-order valence-corrected chi connectivity index (χ4v) is 3.14. The van der Waals surface area contributed by atoms with Crippen LogP contribution >= 0.6 is 0 Å². The summed E-state index contributed by atoms with van der Waals surface area (Å²) in [5, 5.41) is 3.62. The number of hydrogen-bond acceptors (Lipinski definition) is 4. The van der Waals surface area contributed by atoms with Crippen LogP contribution in [0.2, 0.25) is 0 Å². The van der Waals surface area contributed by atoms with Gasteiger partial charge < -0.3 is 20.7 Å². The molecule has 108 valence electrons. The molecule has 1 unspecified atom stereocenters. The van der Waals surface area contributed by atoms with Gasteiger partial charge >= 0.3 is 0 Å². The van der Waals surface area contributed by atoms with Crippen LogP contribution in [0.5, 0.6) is 5.75 Å². The Balaban J connectivity index is 1.56. The maximum atomic E-state index is 10.7. The summed E-state index contributed by atoms with van der Waals surface area (Å²) in [6.07, 6.45) is 2.61. The zero-order chi connectivity index (χ0) is 13.9. The van der Waals surface area contributed by atoms with Crippen LogP contribution in [0.15, 0.2) is 24.3 Å². The van der Waals surface area contributed by atoms with Crippen LogP contribution in [0.3, 0.4) is 0 Å². The molecule has 0 spiro atoms. The summed E-state index contributed by atoms with van der Waals surface area (Å²) in [7, 11) is 0. The van der Waals surface area contributed by atoms with Gasteiger partial charge in [-0.2, -0.15) is 0 Å². The number of benzene rings is 1. The van der Waals surface area contributed by atoms with Gasteiger partial charge in [-0.05, 0) is 56.1 Å².